The lowest BCUT2D eigenvalue weighted by molar-refractivity contribution is 0.102. The van der Waals surface area contributed by atoms with E-state index in [4.69, 9.17) is 4.74 Å². The van der Waals surface area contributed by atoms with Gasteiger partial charge < -0.3 is 10.1 Å². The fraction of sp³-hybridized carbons (Fsp3) is 0.273. The minimum absolute atomic E-state index is 0.132. The van der Waals surface area contributed by atoms with Gasteiger partial charge in [-0.3, -0.25) is 4.79 Å². The Hall–Kier alpha value is -2.86. The number of amides is 1. The van der Waals surface area contributed by atoms with E-state index >= 15 is 0 Å². The number of ether oxygens (including phenoxy) is 1. The van der Waals surface area contributed by atoms with Gasteiger partial charge in [0.25, 0.3) is 5.91 Å². The smallest absolute Gasteiger partial charge is 0.266 e. The van der Waals surface area contributed by atoms with Crippen molar-refractivity contribution in [2.75, 3.05) is 5.32 Å². The van der Waals surface area contributed by atoms with Gasteiger partial charge in [0.1, 0.15) is 18.2 Å². The van der Waals surface area contributed by atoms with Gasteiger partial charge in [0.05, 0.1) is 10.6 Å². The van der Waals surface area contributed by atoms with E-state index in [1.165, 1.54) is 11.3 Å². The number of nitrogens with one attached hydrogen (secondary N) is 1. The van der Waals surface area contributed by atoms with E-state index in [1.807, 2.05) is 86.3 Å². The number of aromatic nitrogens is 2. The summed E-state index contributed by atoms with van der Waals surface area (Å²) in [6, 6.07) is 11.8. The molecule has 2 aromatic heterocycles. The predicted octanol–water partition coefficient (Wildman–Crippen LogP) is 5.70. The molecule has 0 radical (unpaired) electrons. The second kappa shape index (κ2) is 8.89. The van der Waals surface area contributed by atoms with Gasteiger partial charge in [0.15, 0.2) is 0 Å². The lowest BCUT2D eigenvalue weighted by Crippen LogP contribution is -2.15. The third kappa shape index (κ3) is 4.70. The Morgan fingerprint density at radius 1 is 1.32 bits per heavy atom. The van der Waals surface area contributed by atoms with Crippen LogP contribution in [-0.2, 0) is 6.61 Å². The first-order valence-electron chi connectivity index (χ1n) is 9.27. The highest BCUT2D eigenvalue weighted by molar-refractivity contribution is 7.12. The van der Waals surface area contributed by atoms with Gasteiger partial charge >= 0.3 is 0 Å². The number of benzene rings is 1. The summed E-state index contributed by atoms with van der Waals surface area (Å²) < 4.78 is 7.77. The van der Waals surface area contributed by atoms with Crippen LogP contribution in [0.5, 0.6) is 5.75 Å². The standard InChI is InChI=1S/C22H25N3O2S/c1-5-8-18-9-6-7-10-19(18)27-13-17-12-20(28-14-17)22(26)23-21-11-16(4)24-25(21)15(2)3/h5-12,14-15H,13H2,1-4H3,(H,23,26)/b8-5+. The zero-order valence-electron chi connectivity index (χ0n) is 16.6. The van der Waals surface area contributed by atoms with E-state index in [9.17, 15) is 4.79 Å². The molecule has 6 heteroatoms. The molecule has 0 fully saturated rings. The molecule has 0 atom stereocenters. The summed E-state index contributed by atoms with van der Waals surface area (Å²) in [7, 11) is 0. The maximum Gasteiger partial charge on any atom is 0.266 e. The van der Waals surface area contributed by atoms with E-state index < -0.39 is 0 Å². The highest BCUT2D eigenvalue weighted by Crippen LogP contribution is 2.23. The monoisotopic (exact) mass is 395 g/mol. The Morgan fingerprint density at radius 3 is 2.86 bits per heavy atom. The number of nitrogens with zero attached hydrogens (tertiary/aromatic N) is 2. The molecule has 146 valence electrons. The van der Waals surface area contributed by atoms with Gasteiger partial charge in [-0.15, -0.1) is 11.3 Å². The quantitative estimate of drug-likeness (QED) is 0.558. The molecule has 28 heavy (non-hydrogen) atoms. The Balaban J connectivity index is 1.67. The second-order valence-electron chi connectivity index (χ2n) is 6.81. The molecule has 5 nitrogen and oxygen atoms in total. The van der Waals surface area contributed by atoms with Gasteiger partial charge in [-0.25, -0.2) is 4.68 Å². The van der Waals surface area contributed by atoms with Crippen molar-refractivity contribution in [3.05, 3.63) is 69.6 Å². The SMILES string of the molecule is C/C=C/c1ccccc1OCc1csc(C(=O)Nc2cc(C)nn2C(C)C)c1. The summed E-state index contributed by atoms with van der Waals surface area (Å²) in [5, 5.41) is 9.35. The third-order valence-electron chi connectivity index (χ3n) is 4.13. The van der Waals surface area contributed by atoms with E-state index in [-0.39, 0.29) is 11.9 Å². The highest BCUT2D eigenvalue weighted by Gasteiger charge is 2.15. The van der Waals surface area contributed by atoms with Crippen molar-refractivity contribution in [1.29, 1.82) is 0 Å². The minimum Gasteiger partial charge on any atom is -0.488 e. The van der Waals surface area contributed by atoms with Crippen LogP contribution in [0.25, 0.3) is 6.08 Å². The maximum absolute atomic E-state index is 12.6. The van der Waals surface area contributed by atoms with Gasteiger partial charge in [-0.2, -0.15) is 5.10 Å². The average molecular weight is 396 g/mol. The van der Waals surface area contributed by atoms with Crippen LogP contribution in [0.2, 0.25) is 0 Å². The number of thiophene rings is 1. The number of rotatable bonds is 7. The van der Waals surface area contributed by atoms with E-state index in [1.54, 1.807) is 0 Å². The first-order valence-corrected chi connectivity index (χ1v) is 10.2. The fourth-order valence-electron chi connectivity index (χ4n) is 2.84. The molecule has 0 saturated carbocycles. The Morgan fingerprint density at radius 2 is 2.11 bits per heavy atom. The highest BCUT2D eigenvalue weighted by atomic mass is 32.1. The Bertz CT molecular complexity index is 985. The molecule has 3 aromatic rings. The van der Waals surface area contributed by atoms with Crippen molar-refractivity contribution in [2.45, 2.75) is 40.3 Å². The largest absolute Gasteiger partial charge is 0.488 e. The number of allylic oxidation sites excluding steroid dienone is 1. The van der Waals surface area contributed by atoms with Crippen molar-refractivity contribution in [3.8, 4) is 5.75 Å². The zero-order valence-corrected chi connectivity index (χ0v) is 17.4. The van der Waals surface area contributed by atoms with Crippen molar-refractivity contribution in [1.82, 2.24) is 9.78 Å². The number of carbonyl (C=O) groups excluding carboxylic acids is 1. The number of hydrogen-bond acceptors (Lipinski definition) is 4. The molecule has 0 aliphatic rings. The number of para-hydroxylation sites is 1. The van der Waals surface area contributed by atoms with Crippen LogP contribution in [0, 0.1) is 6.92 Å². The molecule has 0 bridgehead atoms. The average Bonchev–Trinajstić information content (AvgIpc) is 3.28. The van der Waals surface area contributed by atoms with E-state index in [2.05, 4.69) is 10.4 Å². The number of carbonyl (C=O) groups is 1. The van der Waals surface area contributed by atoms with Crippen LogP contribution in [0.4, 0.5) is 5.82 Å². The summed E-state index contributed by atoms with van der Waals surface area (Å²) in [6.45, 7) is 8.39. The molecule has 1 N–H and O–H groups in total. The van der Waals surface area contributed by atoms with Crippen LogP contribution in [0.1, 0.15) is 53.3 Å². The Kier molecular flexibility index (Phi) is 6.31. The zero-order chi connectivity index (χ0) is 20.1. The number of aryl methyl sites for hydroxylation is 1. The van der Waals surface area contributed by atoms with Crippen molar-refractivity contribution >= 4 is 29.1 Å². The molecule has 0 spiro atoms. The number of hydrogen-bond donors (Lipinski definition) is 1. The number of anilines is 1. The molecular formula is C22H25N3O2S. The van der Waals surface area contributed by atoms with E-state index in [0.29, 0.717) is 17.3 Å². The van der Waals surface area contributed by atoms with Crippen LogP contribution in [0.15, 0.2) is 47.9 Å². The predicted molar refractivity (Wildman–Crippen MR) is 115 cm³/mol. The summed E-state index contributed by atoms with van der Waals surface area (Å²) in [5.41, 5.74) is 2.89. The fourth-order valence-corrected chi connectivity index (χ4v) is 3.63. The molecule has 0 saturated heterocycles. The van der Waals surface area contributed by atoms with Gasteiger partial charge in [0, 0.05) is 23.2 Å². The normalized spacial score (nSPS) is 11.3. The third-order valence-corrected chi connectivity index (χ3v) is 5.10. The van der Waals surface area contributed by atoms with Crippen LogP contribution >= 0.6 is 11.3 Å². The molecule has 1 aromatic carbocycles. The van der Waals surface area contributed by atoms with Gasteiger partial charge in [-0.1, -0.05) is 30.4 Å². The molecule has 3 rings (SSSR count). The van der Waals surface area contributed by atoms with Crippen molar-refractivity contribution < 1.29 is 9.53 Å². The van der Waals surface area contributed by atoms with Crippen molar-refractivity contribution in [3.63, 3.8) is 0 Å². The molecule has 2 heterocycles. The summed E-state index contributed by atoms with van der Waals surface area (Å²) in [6.07, 6.45) is 4.00. The lowest BCUT2D eigenvalue weighted by Gasteiger charge is -2.11. The second-order valence-corrected chi connectivity index (χ2v) is 7.72. The first kappa shape index (κ1) is 19.9. The topological polar surface area (TPSA) is 56.1 Å². The van der Waals surface area contributed by atoms with Gasteiger partial charge in [0.2, 0.25) is 0 Å². The summed E-state index contributed by atoms with van der Waals surface area (Å²) in [5.74, 6) is 1.41. The van der Waals surface area contributed by atoms with Crippen LogP contribution in [-0.4, -0.2) is 15.7 Å². The molecule has 0 aliphatic carbocycles. The summed E-state index contributed by atoms with van der Waals surface area (Å²) >= 11 is 1.41. The van der Waals surface area contributed by atoms with Crippen LogP contribution < -0.4 is 10.1 Å². The first-order chi connectivity index (χ1) is 13.5. The lowest BCUT2D eigenvalue weighted by atomic mass is 10.2. The maximum atomic E-state index is 12.6. The molecular weight excluding hydrogens is 370 g/mol. The summed E-state index contributed by atoms with van der Waals surface area (Å²) in [4.78, 5) is 13.3. The van der Waals surface area contributed by atoms with Crippen LogP contribution in [0.3, 0.4) is 0 Å². The Labute approximate surface area is 169 Å². The molecule has 0 aliphatic heterocycles. The minimum atomic E-state index is -0.132. The van der Waals surface area contributed by atoms with Crippen molar-refractivity contribution in [2.24, 2.45) is 0 Å². The van der Waals surface area contributed by atoms with E-state index in [0.717, 1.165) is 22.6 Å². The molecule has 1 amide bonds. The molecule has 0 unspecified atom stereocenters. The van der Waals surface area contributed by atoms with Gasteiger partial charge in [-0.05, 0) is 45.2 Å².